The van der Waals surface area contributed by atoms with Crippen LogP contribution in [-0.2, 0) is 6.54 Å². The number of nitrogens with one attached hydrogen (secondary N) is 1. The Morgan fingerprint density at radius 2 is 2.24 bits per heavy atom. The van der Waals surface area contributed by atoms with E-state index in [9.17, 15) is 4.79 Å². The molecule has 0 saturated carbocycles. The van der Waals surface area contributed by atoms with Crippen LogP contribution in [0.1, 0.15) is 22.1 Å². The molecule has 6 heteroatoms. The Kier molecular flexibility index (Phi) is 3.39. The first-order valence-corrected chi connectivity index (χ1v) is 5.36. The first-order chi connectivity index (χ1) is 8.16. The maximum absolute atomic E-state index is 11.6. The third kappa shape index (κ3) is 2.82. The van der Waals surface area contributed by atoms with Gasteiger partial charge in [0.05, 0.1) is 0 Å². The summed E-state index contributed by atoms with van der Waals surface area (Å²) in [7, 11) is 0. The summed E-state index contributed by atoms with van der Waals surface area (Å²) in [5.74, 6) is -0.0343. The Labute approximate surface area is 103 Å². The van der Waals surface area contributed by atoms with Crippen LogP contribution in [-0.4, -0.2) is 16.0 Å². The van der Waals surface area contributed by atoms with Crippen molar-refractivity contribution >= 4 is 17.5 Å². The van der Waals surface area contributed by atoms with E-state index in [1.807, 2.05) is 18.2 Å². The minimum absolute atomic E-state index is 0.0467. The summed E-state index contributed by atoms with van der Waals surface area (Å²) >= 11 is 5.96. The van der Waals surface area contributed by atoms with Crippen molar-refractivity contribution in [1.82, 2.24) is 15.5 Å². The van der Waals surface area contributed by atoms with E-state index in [0.717, 1.165) is 5.56 Å². The highest BCUT2D eigenvalue weighted by atomic mass is 35.5. The van der Waals surface area contributed by atoms with Gasteiger partial charge in [-0.15, -0.1) is 0 Å². The fourth-order valence-electron chi connectivity index (χ4n) is 1.28. The molecule has 0 aliphatic rings. The van der Waals surface area contributed by atoms with E-state index in [4.69, 9.17) is 16.1 Å². The maximum atomic E-state index is 11.6. The molecule has 0 unspecified atom stereocenters. The van der Waals surface area contributed by atoms with Crippen molar-refractivity contribution in [2.75, 3.05) is 0 Å². The van der Waals surface area contributed by atoms with Crippen molar-refractivity contribution in [1.29, 1.82) is 0 Å². The number of rotatable bonds is 3. The third-order valence-electron chi connectivity index (χ3n) is 2.12. The number of carbonyl (C=O) groups is 1. The van der Waals surface area contributed by atoms with Crippen LogP contribution in [0, 0.1) is 6.92 Å². The van der Waals surface area contributed by atoms with Gasteiger partial charge in [0.25, 0.3) is 0 Å². The Balaban J connectivity index is 1.99. The number of aromatic nitrogens is 2. The zero-order chi connectivity index (χ0) is 12.3. The molecular formula is C11H10ClN3O2. The van der Waals surface area contributed by atoms with Crippen molar-refractivity contribution in [2.24, 2.45) is 0 Å². The molecule has 2 aromatic rings. The highest BCUT2D eigenvalue weighted by Gasteiger charge is 2.13. The topological polar surface area (TPSA) is 68.0 Å². The largest absolute Gasteiger partial charge is 0.344 e. The molecule has 0 aliphatic carbocycles. The fraction of sp³-hybridized carbons (Fsp3) is 0.182. The molecule has 0 aliphatic heterocycles. The van der Waals surface area contributed by atoms with Gasteiger partial charge in [0.1, 0.15) is 0 Å². The van der Waals surface area contributed by atoms with Crippen LogP contribution in [0.3, 0.4) is 0 Å². The van der Waals surface area contributed by atoms with Crippen LogP contribution in [0.25, 0.3) is 0 Å². The molecule has 0 bridgehead atoms. The van der Waals surface area contributed by atoms with Gasteiger partial charge >= 0.3 is 11.8 Å². The number of aryl methyl sites for hydroxylation is 1. The van der Waals surface area contributed by atoms with E-state index < -0.39 is 5.91 Å². The number of amides is 1. The van der Waals surface area contributed by atoms with E-state index >= 15 is 0 Å². The van der Waals surface area contributed by atoms with Gasteiger partial charge in [0, 0.05) is 11.6 Å². The van der Waals surface area contributed by atoms with Crippen molar-refractivity contribution in [3.63, 3.8) is 0 Å². The molecule has 2 rings (SSSR count). The van der Waals surface area contributed by atoms with Gasteiger partial charge in [0.15, 0.2) is 5.82 Å². The second-order valence-electron chi connectivity index (χ2n) is 3.42. The molecular weight excluding hydrogens is 242 g/mol. The molecule has 17 heavy (non-hydrogen) atoms. The standard InChI is InChI=1S/C11H10ClN3O2/c1-7-14-11(17-15-7)10(16)13-6-8-4-2-3-5-9(8)12/h2-5H,6H2,1H3,(H,13,16). The third-order valence-corrected chi connectivity index (χ3v) is 2.49. The molecule has 1 aromatic carbocycles. The van der Waals surface area contributed by atoms with Crippen molar-refractivity contribution in [3.05, 3.63) is 46.6 Å². The monoisotopic (exact) mass is 251 g/mol. The normalized spacial score (nSPS) is 10.2. The Bertz CT molecular complexity index is 539. The summed E-state index contributed by atoms with van der Waals surface area (Å²) < 4.78 is 4.74. The zero-order valence-corrected chi connectivity index (χ0v) is 9.86. The Hall–Kier alpha value is -1.88. The summed E-state index contributed by atoms with van der Waals surface area (Å²) in [5.41, 5.74) is 0.832. The SMILES string of the molecule is Cc1noc(C(=O)NCc2ccccc2Cl)n1. The summed E-state index contributed by atoms with van der Waals surface area (Å²) in [6, 6.07) is 7.28. The molecule has 88 valence electrons. The number of hydrogen-bond donors (Lipinski definition) is 1. The lowest BCUT2D eigenvalue weighted by molar-refractivity contribution is 0.0907. The number of halogens is 1. The van der Waals surface area contributed by atoms with E-state index in [2.05, 4.69) is 15.5 Å². The van der Waals surface area contributed by atoms with E-state index in [0.29, 0.717) is 17.4 Å². The number of carbonyl (C=O) groups excluding carboxylic acids is 1. The summed E-state index contributed by atoms with van der Waals surface area (Å²) in [6.45, 7) is 1.97. The van der Waals surface area contributed by atoms with E-state index in [-0.39, 0.29) is 5.89 Å². The minimum atomic E-state index is -0.412. The predicted octanol–water partition coefficient (Wildman–Crippen LogP) is 1.96. The molecule has 0 atom stereocenters. The smallest absolute Gasteiger partial charge is 0.315 e. The van der Waals surface area contributed by atoms with Gasteiger partial charge in [0.2, 0.25) is 0 Å². The van der Waals surface area contributed by atoms with Gasteiger partial charge in [-0.2, -0.15) is 4.98 Å². The highest BCUT2D eigenvalue weighted by Crippen LogP contribution is 2.14. The number of hydrogen-bond acceptors (Lipinski definition) is 4. The van der Waals surface area contributed by atoms with Gasteiger partial charge in [-0.05, 0) is 18.6 Å². The van der Waals surface area contributed by atoms with Gasteiger partial charge in [-0.25, -0.2) is 0 Å². The highest BCUT2D eigenvalue weighted by molar-refractivity contribution is 6.31. The van der Waals surface area contributed by atoms with Gasteiger partial charge in [-0.3, -0.25) is 4.79 Å². The van der Waals surface area contributed by atoms with Crippen LogP contribution in [0.15, 0.2) is 28.8 Å². The molecule has 0 spiro atoms. The van der Waals surface area contributed by atoms with Crippen LogP contribution >= 0.6 is 11.6 Å². The van der Waals surface area contributed by atoms with E-state index in [1.165, 1.54) is 0 Å². The molecule has 1 N–H and O–H groups in total. The van der Waals surface area contributed by atoms with Crippen molar-refractivity contribution < 1.29 is 9.32 Å². The van der Waals surface area contributed by atoms with Gasteiger partial charge in [-0.1, -0.05) is 35.0 Å². The maximum Gasteiger partial charge on any atom is 0.315 e. The number of nitrogens with zero attached hydrogens (tertiary/aromatic N) is 2. The average Bonchev–Trinajstić information content (AvgIpc) is 2.74. The Morgan fingerprint density at radius 1 is 1.47 bits per heavy atom. The van der Waals surface area contributed by atoms with Crippen LogP contribution < -0.4 is 5.32 Å². The van der Waals surface area contributed by atoms with Crippen LogP contribution in [0.2, 0.25) is 5.02 Å². The van der Waals surface area contributed by atoms with E-state index in [1.54, 1.807) is 13.0 Å². The Morgan fingerprint density at radius 3 is 2.88 bits per heavy atom. The minimum Gasteiger partial charge on any atom is -0.344 e. The lowest BCUT2D eigenvalue weighted by Gasteiger charge is -2.04. The van der Waals surface area contributed by atoms with Crippen molar-refractivity contribution in [3.8, 4) is 0 Å². The lowest BCUT2D eigenvalue weighted by atomic mass is 10.2. The quantitative estimate of drug-likeness (QED) is 0.906. The molecule has 1 aromatic heterocycles. The summed E-state index contributed by atoms with van der Waals surface area (Å²) in [6.07, 6.45) is 0. The molecule has 0 fully saturated rings. The molecule has 5 nitrogen and oxygen atoms in total. The molecule has 1 amide bonds. The second kappa shape index (κ2) is 4.97. The molecule has 0 radical (unpaired) electrons. The second-order valence-corrected chi connectivity index (χ2v) is 3.83. The summed E-state index contributed by atoms with van der Waals surface area (Å²) in [5, 5.41) is 6.79. The van der Waals surface area contributed by atoms with Gasteiger partial charge < -0.3 is 9.84 Å². The molecule has 1 heterocycles. The van der Waals surface area contributed by atoms with Crippen LogP contribution in [0.5, 0.6) is 0 Å². The first kappa shape index (κ1) is 11.6. The zero-order valence-electron chi connectivity index (χ0n) is 9.11. The lowest BCUT2D eigenvalue weighted by Crippen LogP contribution is -2.23. The molecule has 0 saturated heterocycles. The summed E-state index contributed by atoms with van der Waals surface area (Å²) in [4.78, 5) is 15.4. The van der Waals surface area contributed by atoms with Crippen LogP contribution in [0.4, 0.5) is 0 Å². The fourth-order valence-corrected chi connectivity index (χ4v) is 1.48. The predicted molar refractivity (Wildman–Crippen MR) is 61.7 cm³/mol. The number of benzene rings is 1. The first-order valence-electron chi connectivity index (χ1n) is 4.99. The van der Waals surface area contributed by atoms with Crippen molar-refractivity contribution in [2.45, 2.75) is 13.5 Å². The average molecular weight is 252 g/mol.